The fraction of sp³-hybridized carbons (Fsp3) is 0.562. The normalized spacial score (nSPS) is 27.5. The number of carbonyl (C=O) groups is 1. The molecule has 1 saturated carbocycles. The summed E-state index contributed by atoms with van der Waals surface area (Å²) in [5, 5.41) is 1.88. The summed E-state index contributed by atoms with van der Waals surface area (Å²) < 4.78 is 24.4. The van der Waals surface area contributed by atoms with Gasteiger partial charge in [-0.05, 0) is 25.8 Å². The predicted molar refractivity (Wildman–Crippen MR) is 85.8 cm³/mol. The minimum absolute atomic E-state index is 0.237. The lowest BCUT2D eigenvalue weighted by Gasteiger charge is -2.31. The van der Waals surface area contributed by atoms with Crippen LogP contribution in [0.5, 0.6) is 0 Å². The van der Waals surface area contributed by atoms with Crippen molar-refractivity contribution in [3.63, 3.8) is 0 Å². The van der Waals surface area contributed by atoms with Crippen LogP contribution in [0.25, 0.3) is 0 Å². The van der Waals surface area contributed by atoms with Gasteiger partial charge in [0.2, 0.25) is 5.91 Å². The molecule has 5 nitrogen and oxygen atoms in total. The molecule has 1 fully saturated rings. The predicted octanol–water partition coefficient (Wildman–Crippen LogP) is 3.45. The van der Waals surface area contributed by atoms with E-state index in [2.05, 4.69) is 5.32 Å². The first kappa shape index (κ1) is 17.2. The average Bonchev–Trinajstić information content (AvgIpc) is 3.08. The van der Waals surface area contributed by atoms with Crippen molar-refractivity contribution in [1.29, 1.82) is 0 Å². The van der Waals surface area contributed by atoms with Gasteiger partial charge in [0.25, 0.3) is 0 Å². The zero-order chi connectivity index (χ0) is 16.4. The molecule has 2 rings (SSSR count). The van der Waals surface area contributed by atoms with E-state index in [0.29, 0.717) is 6.42 Å². The maximum atomic E-state index is 13.4. The van der Waals surface area contributed by atoms with Crippen LogP contribution in [-0.2, 0) is 23.8 Å². The monoisotopic (exact) mass is 325 g/mol. The van der Waals surface area contributed by atoms with Crippen LogP contribution in [0, 0.1) is 0 Å². The molecule has 1 amide bonds. The first-order valence-corrected chi connectivity index (χ1v) is 9.13. The van der Waals surface area contributed by atoms with E-state index < -0.39 is 18.3 Å². The fourth-order valence-corrected chi connectivity index (χ4v) is 5.89. The molecule has 1 aliphatic rings. The molecule has 122 valence electrons. The van der Waals surface area contributed by atoms with Crippen LogP contribution in [0.2, 0.25) is 0 Å². The zero-order valence-electron chi connectivity index (χ0n) is 13.6. The Hall–Kier alpha value is -1.16. The molecule has 0 saturated heterocycles. The molecule has 22 heavy (non-hydrogen) atoms. The summed E-state index contributed by atoms with van der Waals surface area (Å²) in [7, 11) is -3.48. The largest absolute Gasteiger partial charge is 0.356 e. The zero-order valence-corrected chi connectivity index (χ0v) is 14.5. The van der Waals surface area contributed by atoms with E-state index in [1.54, 1.807) is 13.8 Å². The lowest BCUT2D eigenvalue weighted by molar-refractivity contribution is -0.119. The Bertz CT molecular complexity index is 581. The van der Waals surface area contributed by atoms with Crippen molar-refractivity contribution in [1.82, 2.24) is 5.32 Å². The van der Waals surface area contributed by atoms with E-state index in [0.717, 1.165) is 5.56 Å². The summed E-state index contributed by atoms with van der Waals surface area (Å²) in [5.41, 5.74) is 0.545. The summed E-state index contributed by atoms with van der Waals surface area (Å²) >= 11 is 0. The second-order valence-electron chi connectivity index (χ2n) is 5.75. The van der Waals surface area contributed by atoms with Crippen LogP contribution >= 0.6 is 7.60 Å². The van der Waals surface area contributed by atoms with Crippen LogP contribution in [-0.4, -0.2) is 24.4 Å². The third-order valence-electron chi connectivity index (χ3n) is 4.26. The molecule has 0 aliphatic heterocycles. The highest BCUT2D eigenvalue weighted by atomic mass is 31.2. The van der Waals surface area contributed by atoms with E-state index in [1.807, 2.05) is 37.3 Å². The Labute approximate surface area is 131 Å². The lowest BCUT2D eigenvalue weighted by atomic mass is 9.97. The van der Waals surface area contributed by atoms with Gasteiger partial charge >= 0.3 is 7.60 Å². The Balaban J connectivity index is 2.48. The van der Waals surface area contributed by atoms with E-state index in [9.17, 15) is 9.36 Å². The number of nitrogens with one attached hydrogen (secondary N) is 1. The van der Waals surface area contributed by atoms with Crippen LogP contribution in [0.3, 0.4) is 0 Å². The summed E-state index contributed by atoms with van der Waals surface area (Å²) in [4.78, 5) is 11.7. The number of hydrogen-bond acceptors (Lipinski definition) is 4. The molecule has 2 atom stereocenters. The summed E-state index contributed by atoms with van der Waals surface area (Å²) in [6.45, 7) is 7.49. The SMILES string of the molecule is CCOP(=O)(OCC)[C@]1(NC(C)=O)C[C@]1(C)c1ccccc1. The van der Waals surface area contributed by atoms with Gasteiger partial charge in [-0.15, -0.1) is 0 Å². The summed E-state index contributed by atoms with van der Waals surface area (Å²) in [6.07, 6.45) is 0.529. The highest BCUT2D eigenvalue weighted by Gasteiger charge is 2.76. The number of benzene rings is 1. The van der Waals surface area contributed by atoms with Crippen molar-refractivity contribution < 1.29 is 18.4 Å². The third kappa shape index (κ3) is 2.62. The second kappa shape index (κ2) is 6.15. The quantitative estimate of drug-likeness (QED) is 0.780. The van der Waals surface area contributed by atoms with Crippen molar-refractivity contribution in [2.24, 2.45) is 0 Å². The highest BCUT2D eigenvalue weighted by molar-refractivity contribution is 7.56. The fourth-order valence-electron chi connectivity index (χ4n) is 3.15. The van der Waals surface area contributed by atoms with Gasteiger partial charge < -0.3 is 14.4 Å². The van der Waals surface area contributed by atoms with E-state index in [4.69, 9.17) is 9.05 Å². The molecule has 1 aliphatic carbocycles. The van der Waals surface area contributed by atoms with Crippen LogP contribution < -0.4 is 5.32 Å². The summed E-state index contributed by atoms with van der Waals surface area (Å²) in [5.74, 6) is -0.237. The van der Waals surface area contributed by atoms with Gasteiger partial charge in [-0.1, -0.05) is 37.3 Å². The van der Waals surface area contributed by atoms with Crippen molar-refractivity contribution in [2.45, 2.75) is 44.8 Å². The maximum Gasteiger partial charge on any atom is 0.356 e. The van der Waals surface area contributed by atoms with Gasteiger partial charge in [-0.3, -0.25) is 9.36 Å². The van der Waals surface area contributed by atoms with Crippen LogP contribution in [0.4, 0.5) is 0 Å². The average molecular weight is 325 g/mol. The van der Waals surface area contributed by atoms with Crippen LogP contribution in [0.1, 0.15) is 39.7 Å². The van der Waals surface area contributed by atoms with Gasteiger partial charge in [0.05, 0.1) is 13.2 Å². The molecule has 0 radical (unpaired) electrons. The number of amides is 1. The highest BCUT2D eigenvalue weighted by Crippen LogP contribution is 2.78. The Morgan fingerprint density at radius 3 is 2.23 bits per heavy atom. The number of carbonyl (C=O) groups excluding carboxylic acids is 1. The number of hydrogen-bond donors (Lipinski definition) is 1. The minimum Gasteiger partial charge on any atom is -0.339 e. The standard InChI is InChI=1S/C16H24NO4P/c1-5-20-22(19,21-6-2)16(17-13(3)18)12-15(16,4)14-10-8-7-9-11-14/h7-11H,5-6,12H2,1-4H3,(H,17,18)/t15-,16-/m1/s1. The van der Waals surface area contributed by atoms with Crippen LogP contribution in [0.15, 0.2) is 30.3 Å². The van der Waals surface area contributed by atoms with Crippen molar-refractivity contribution in [2.75, 3.05) is 13.2 Å². The van der Waals surface area contributed by atoms with E-state index in [1.165, 1.54) is 6.92 Å². The number of rotatable bonds is 7. The lowest BCUT2D eigenvalue weighted by Crippen LogP contribution is -2.42. The second-order valence-corrected chi connectivity index (χ2v) is 8.02. The van der Waals surface area contributed by atoms with Gasteiger partial charge in [0.1, 0.15) is 0 Å². The first-order chi connectivity index (χ1) is 10.4. The molecular formula is C16H24NO4P. The Morgan fingerprint density at radius 1 is 1.23 bits per heavy atom. The Kier molecular flexibility index (Phi) is 4.81. The molecule has 1 aromatic carbocycles. The van der Waals surface area contributed by atoms with E-state index >= 15 is 0 Å². The van der Waals surface area contributed by atoms with Gasteiger partial charge in [0.15, 0.2) is 5.28 Å². The third-order valence-corrected chi connectivity index (χ3v) is 7.15. The van der Waals surface area contributed by atoms with Crippen molar-refractivity contribution >= 4 is 13.5 Å². The molecule has 0 heterocycles. The first-order valence-electron chi connectivity index (χ1n) is 7.58. The van der Waals surface area contributed by atoms with Gasteiger partial charge in [0, 0.05) is 12.3 Å². The molecular weight excluding hydrogens is 301 g/mol. The van der Waals surface area contributed by atoms with Gasteiger partial charge in [-0.25, -0.2) is 0 Å². The smallest absolute Gasteiger partial charge is 0.339 e. The topological polar surface area (TPSA) is 64.6 Å². The van der Waals surface area contributed by atoms with Gasteiger partial charge in [-0.2, -0.15) is 0 Å². The maximum absolute atomic E-state index is 13.4. The Morgan fingerprint density at radius 2 is 1.77 bits per heavy atom. The molecule has 1 N–H and O–H groups in total. The molecule has 1 aromatic rings. The summed E-state index contributed by atoms with van der Waals surface area (Å²) in [6, 6.07) is 9.75. The molecule has 0 unspecified atom stereocenters. The molecule has 0 bridgehead atoms. The van der Waals surface area contributed by atoms with Crippen molar-refractivity contribution in [3.05, 3.63) is 35.9 Å². The molecule has 6 heteroatoms. The molecule has 0 spiro atoms. The molecule has 0 aromatic heterocycles. The minimum atomic E-state index is -3.48. The van der Waals surface area contributed by atoms with E-state index in [-0.39, 0.29) is 19.1 Å². The van der Waals surface area contributed by atoms with Crippen molar-refractivity contribution in [3.8, 4) is 0 Å².